The fraction of sp³-hybridized carbons (Fsp3) is 0.500. The van der Waals surface area contributed by atoms with Crippen molar-refractivity contribution < 1.29 is 9.53 Å². The first-order chi connectivity index (χ1) is 10.7. The van der Waals surface area contributed by atoms with E-state index in [0.29, 0.717) is 18.6 Å². The van der Waals surface area contributed by atoms with Crippen LogP contribution < -0.4 is 0 Å². The molecule has 22 heavy (non-hydrogen) atoms. The molecule has 3 heterocycles. The Labute approximate surface area is 130 Å². The average molecular weight is 298 g/mol. The van der Waals surface area contributed by atoms with Crippen molar-refractivity contribution in [3.8, 4) is 0 Å². The molecule has 0 spiro atoms. The number of benzene rings is 1. The van der Waals surface area contributed by atoms with Crippen molar-refractivity contribution in [3.63, 3.8) is 0 Å². The number of aromatic nitrogens is 1. The zero-order valence-electron chi connectivity index (χ0n) is 13.0. The summed E-state index contributed by atoms with van der Waals surface area (Å²) in [5, 5.41) is 1.36. The number of nitrogens with one attached hydrogen (secondary N) is 1. The molecule has 116 valence electrons. The third kappa shape index (κ3) is 2.22. The minimum Gasteiger partial charge on any atom is -0.466 e. The zero-order chi connectivity index (χ0) is 15.1. The van der Waals surface area contributed by atoms with Crippen LogP contribution in [-0.4, -0.2) is 35.5 Å². The number of H-pyrrole nitrogens is 1. The summed E-state index contributed by atoms with van der Waals surface area (Å²) in [6, 6.07) is 8.93. The molecule has 2 aliphatic heterocycles. The summed E-state index contributed by atoms with van der Waals surface area (Å²) in [4.78, 5) is 17.4. The van der Waals surface area contributed by atoms with Crippen molar-refractivity contribution in [1.29, 1.82) is 0 Å². The first-order valence-corrected chi connectivity index (χ1v) is 8.21. The first kappa shape index (κ1) is 13.8. The lowest BCUT2D eigenvalue weighted by molar-refractivity contribution is -0.143. The van der Waals surface area contributed by atoms with E-state index in [1.165, 1.54) is 35.5 Å². The molecule has 0 radical (unpaired) electrons. The van der Waals surface area contributed by atoms with E-state index in [4.69, 9.17) is 4.74 Å². The molecule has 4 nitrogen and oxygen atoms in total. The highest BCUT2D eigenvalue weighted by Crippen LogP contribution is 2.42. The molecule has 1 aromatic carbocycles. The number of esters is 1. The Morgan fingerprint density at radius 3 is 3.09 bits per heavy atom. The van der Waals surface area contributed by atoms with Gasteiger partial charge in [-0.05, 0) is 37.4 Å². The van der Waals surface area contributed by atoms with Crippen LogP contribution in [0, 0.1) is 5.92 Å². The molecular weight excluding hydrogens is 276 g/mol. The quantitative estimate of drug-likeness (QED) is 0.867. The van der Waals surface area contributed by atoms with E-state index >= 15 is 0 Å². The number of carbonyl (C=O) groups excluding carboxylic acids is 1. The van der Waals surface area contributed by atoms with Gasteiger partial charge in [0.25, 0.3) is 0 Å². The van der Waals surface area contributed by atoms with Crippen LogP contribution >= 0.6 is 0 Å². The third-order valence-electron chi connectivity index (χ3n) is 5.15. The number of fused-ring (bicyclic) bond motifs is 5. The van der Waals surface area contributed by atoms with Crippen LogP contribution in [0.25, 0.3) is 10.9 Å². The lowest BCUT2D eigenvalue weighted by Crippen LogP contribution is -2.44. The van der Waals surface area contributed by atoms with Crippen molar-refractivity contribution in [1.82, 2.24) is 9.88 Å². The highest BCUT2D eigenvalue weighted by molar-refractivity contribution is 5.85. The van der Waals surface area contributed by atoms with Crippen molar-refractivity contribution in [2.45, 2.75) is 32.2 Å². The van der Waals surface area contributed by atoms with Crippen LogP contribution in [0.1, 0.15) is 37.1 Å². The number of carbonyl (C=O) groups is 1. The smallest absolute Gasteiger partial charge is 0.302 e. The molecule has 2 atom stereocenters. The lowest BCUT2D eigenvalue weighted by atomic mass is 9.83. The zero-order valence-corrected chi connectivity index (χ0v) is 13.0. The van der Waals surface area contributed by atoms with Gasteiger partial charge in [0, 0.05) is 36.0 Å². The van der Waals surface area contributed by atoms with Crippen LogP contribution in [0.15, 0.2) is 24.3 Å². The largest absolute Gasteiger partial charge is 0.466 e. The summed E-state index contributed by atoms with van der Waals surface area (Å²) in [5.74, 6) is 0.217. The monoisotopic (exact) mass is 298 g/mol. The molecule has 1 fully saturated rings. The number of rotatable bonds is 2. The Morgan fingerprint density at radius 2 is 2.23 bits per heavy atom. The molecule has 0 unspecified atom stereocenters. The molecular formula is C18H22N2O2. The highest BCUT2D eigenvalue weighted by atomic mass is 16.5. The fourth-order valence-corrected chi connectivity index (χ4v) is 4.22. The van der Waals surface area contributed by atoms with Gasteiger partial charge in [0.15, 0.2) is 0 Å². The number of para-hydroxylation sites is 1. The molecule has 0 amide bonds. The number of hydrogen-bond acceptors (Lipinski definition) is 3. The maximum atomic E-state index is 11.2. The van der Waals surface area contributed by atoms with Gasteiger partial charge in [-0.3, -0.25) is 9.69 Å². The Kier molecular flexibility index (Phi) is 3.41. The summed E-state index contributed by atoms with van der Waals surface area (Å²) >= 11 is 0. The molecule has 2 aromatic rings. The number of nitrogens with zero attached hydrogens (tertiary/aromatic N) is 1. The van der Waals surface area contributed by atoms with Crippen LogP contribution in [0.5, 0.6) is 0 Å². The second kappa shape index (κ2) is 5.43. The summed E-state index contributed by atoms with van der Waals surface area (Å²) in [6.45, 7) is 4.28. The van der Waals surface area contributed by atoms with Gasteiger partial charge in [0.1, 0.15) is 0 Å². The summed E-state index contributed by atoms with van der Waals surface area (Å²) < 4.78 is 5.34. The maximum Gasteiger partial charge on any atom is 0.302 e. The van der Waals surface area contributed by atoms with Crippen molar-refractivity contribution >= 4 is 16.9 Å². The van der Waals surface area contributed by atoms with Gasteiger partial charge in [-0.15, -0.1) is 0 Å². The van der Waals surface area contributed by atoms with Crippen molar-refractivity contribution in [3.05, 3.63) is 35.5 Å². The summed E-state index contributed by atoms with van der Waals surface area (Å²) in [6.07, 6.45) is 3.43. The van der Waals surface area contributed by atoms with Gasteiger partial charge in [-0.1, -0.05) is 18.2 Å². The third-order valence-corrected chi connectivity index (χ3v) is 5.15. The molecule has 2 aliphatic rings. The average Bonchev–Trinajstić information content (AvgIpc) is 2.91. The molecule has 0 aliphatic carbocycles. The van der Waals surface area contributed by atoms with Crippen LogP contribution in [0.4, 0.5) is 0 Å². The second-order valence-electron chi connectivity index (χ2n) is 6.50. The molecule has 4 rings (SSSR count). The predicted octanol–water partition coefficient (Wildman–Crippen LogP) is 3.04. The van der Waals surface area contributed by atoms with E-state index in [9.17, 15) is 4.79 Å². The van der Waals surface area contributed by atoms with Crippen molar-refractivity contribution in [2.75, 3.05) is 19.7 Å². The second-order valence-corrected chi connectivity index (χ2v) is 6.50. The van der Waals surface area contributed by atoms with Gasteiger partial charge < -0.3 is 9.72 Å². The Hall–Kier alpha value is -1.81. The maximum absolute atomic E-state index is 11.2. The van der Waals surface area contributed by atoms with Crippen molar-refractivity contribution in [2.24, 2.45) is 5.92 Å². The topological polar surface area (TPSA) is 45.3 Å². The number of hydrogen-bond donors (Lipinski definition) is 1. The van der Waals surface area contributed by atoms with Crippen LogP contribution in [-0.2, 0) is 16.0 Å². The van der Waals surface area contributed by atoms with E-state index in [1.807, 2.05) is 0 Å². The number of piperidine rings is 1. The Balaban J connectivity index is 1.73. The molecule has 1 saturated heterocycles. The Morgan fingerprint density at radius 1 is 1.36 bits per heavy atom. The Bertz CT molecular complexity index is 706. The molecule has 1 N–H and O–H groups in total. The summed E-state index contributed by atoms with van der Waals surface area (Å²) in [5.41, 5.74) is 4.04. The minimum atomic E-state index is -0.176. The van der Waals surface area contributed by atoms with Gasteiger partial charge >= 0.3 is 5.97 Å². The van der Waals surface area contributed by atoms with Gasteiger partial charge in [-0.2, -0.15) is 0 Å². The number of aromatic amines is 1. The van der Waals surface area contributed by atoms with E-state index in [-0.39, 0.29) is 5.97 Å². The first-order valence-electron chi connectivity index (χ1n) is 8.21. The van der Waals surface area contributed by atoms with Gasteiger partial charge in [-0.25, -0.2) is 0 Å². The molecule has 4 heteroatoms. The SMILES string of the molecule is CC(=O)OC[C@@H]1CCCN2CCc3c([nH]c4ccccc34)[C@H]12. The lowest BCUT2D eigenvalue weighted by Gasteiger charge is -2.43. The molecule has 1 aromatic heterocycles. The minimum absolute atomic E-state index is 0.176. The van der Waals surface area contributed by atoms with E-state index in [2.05, 4.69) is 34.1 Å². The van der Waals surface area contributed by atoms with E-state index < -0.39 is 0 Å². The van der Waals surface area contributed by atoms with Gasteiger partial charge in [0.2, 0.25) is 0 Å². The number of ether oxygens (including phenoxy) is 1. The van der Waals surface area contributed by atoms with Crippen LogP contribution in [0.3, 0.4) is 0 Å². The normalized spacial score (nSPS) is 24.8. The molecule has 0 saturated carbocycles. The fourth-order valence-electron chi connectivity index (χ4n) is 4.22. The van der Waals surface area contributed by atoms with E-state index in [1.54, 1.807) is 0 Å². The van der Waals surface area contributed by atoms with Gasteiger partial charge in [0.05, 0.1) is 12.6 Å². The van der Waals surface area contributed by atoms with Crippen LogP contribution in [0.2, 0.25) is 0 Å². The highest BCUT2D eigenvalue weighted by Gasteiger charge is 2.38. The standard InChI is InChI=1S/C18H22N2O2/c1-12(21)22-11-13-5-4-9-20-10-8-15-14-6-2-3-7-16(14)19-17(15)18(13)20/h2-3,6-7,13,18-19H,4-5,8-11H2,1H3/t13-,18-/m0/s1. The van der Waals surface area contributed by atoms with E-state index in [0.717, 1.165) is 25.9 Å². The molecule has 0 bridgehead atoms. The predicted molar refractivity (Wildman–Crippen MR) is 85.7 cm³/mol. The summed E-state index contributed by atoms with van der Waals surface area (Å²) in [7, 11) is 0.